The molecular weight excluding hydrogens is 276 g/mol. The van der Waals surface area contributed by atoms with Crippen LogP contribution in [-0.4, -0.2) is 13.7 Å². The van der Waals surface area contributed by atoms with E-state index in [9.17, 15) is 0 Å². The molecule has 0 amide bonds. The minimum absolute atomic E-state index is 0.748. The van der Waals surface area contributed by atoms with E-state index in [1.165, 1.54) is 27.1 Å². The van der Waals surface area contributed by atoms with Crippen LogP contribution in [0.4, 0.5) is 0 Å². The smallest absolute Gasteiger partial charge is 0.0502 e. The maximum atomic E-state index is 5.24. The molecule has 1 aromatic heterocycles. The molecule has 3 rings (SSSR count). The van der Waals surface area contributed by atoms with Crippen molar-refractivity contribution in [1.29, 1.82) is 0 Å². The summed E-state index contributed by atoms with van der Waals surface area (Å²) >= 11 is 1.78. The third-order valence-corrected chi connectivity index (χ3v) is 4.49. The molecule has 0 unspecified atom stereocenters. The molecule has 0 saturated heterocycles. The molecular formula is C19H18OS. The van der Waals surface area contributed by atoms with E-state index < -0.39 is 0 Å². The highest BCUT2D eigenvalue weighted by Gasteiger charge is 2.08. The molecule has 2 heteroatoms. The van der Waals surface area contributed by atoms with E-state index in [-0.39, 0.29) is 0 Å². The number of thiophene rings is 1. The molecule has 0 atom stereocenters. The lowest BCUT2D eigenvalue weighted by Gasteiger charge is -2.12. The van der Waals surface area contributed by atoms with Gasteiger partial charge < -0.3 is 4.74 Å². The van der Waals surface area contributed by atoms with Gasteiger partial charge in [0.05, 0.1) is 6.61 Å². The van der Waals surface area contributed by atoms with Gasteiger partial charge in [-0.05, 0) is 46.2 Å². The quantitative estimate of drug-likeness (QED) is 0.623. The van der Waals surface area contributed by atoms with Crippen LogP contribution in [0.3, 0.4) is 0 Å². The Bertz CT molecular complexity index is 687. The van der Waals surface area contributed by atoms with Crippen LogP contribution in [0.2, 0.25) is 0 Å². The van der Waals surface area contributed by atoms with Crippen LogP contribution < -0.4 is 0 Å². The van der Waals surface area contributed by atoms with Crippen molar-refractivity contribution in [2.45, 2.75) is 6.42 Å². The van der Waals surface area contributed by atoms with Gasteiger partial charge in [-0.1, -0.05) is 48.5 Å². The Morgan fingerprint density at radius 2 is 1.76 bits per heavy atom. The van der Waals surface area contributed by atoms with Crippen LogP contribution in [0.5, 0.6) is 0 Å². The fourth-order valence-corrected chi connectivity index (χ4v) is 3.21. The first-order valence-electron chi connectivity index (χ1n) is 7.09. The van der Waals surface area contributed by atoms with Crippen LogP contribution in [-0.2, 0) is 11.2 Å². The summed E-state index contributed by atoms with van der Waals surface area (Å²) in [6.45, 7) is 0.748. The SMILES string of the molecule is COCCc1ccc(-c2cccs2)cc1-c1ccccc1. The summed E-state index contributed by atoms with van der Waals surface area (Å²) in [6, 6.07) is 21.6. The molecule has 0 aliphatic carbocycles. The van der Waals surface area contributed by atoms with Gasteiger partial charge in [0.15, 0.2) is 0 Å². The van der Waals surface area contributed by atoms with Crippen molar-refractivity contribution in [3.63, 3.8) is 0 Å². The fourth-order valence-electron chi connectivity index (χ4n) is 2.49. The zero-order valence-corrected chi connectivity index (χ0v) is 12.9. The normalized spacial score (nSPS) is 10.7. The van der Waals surface area contributed by atoms with E-state index in [1.54, 1.807) is 18.4 Å². The molecule has 0 aliphatic heterocycles. The van der Waals surface area contributed by atoms with Gasteiger partial charge in [-0.2, -0.15) is 0 Å². The third-order valence-electron chi connectivity index (χ3n) is 3.58. The third kappa shape index (κ3) is 3.23. The highest BCUT2D eigenvalue weighted by atomic mass is 32.1. The minimum atomic E-state index is 0.748. The summed E-state index contributed by atoms with van der Waals surface area (Å²) in [6.07, 6.45) is 0.936. The van der Waals surface area contributed by atoms with Gasteiger partial charge in [0.2, 0.25) is 0 Å². The summed E-state index contributed by atoms with van der Waals surface area (Å²) in [5, 5.41) is 2.12. The molecule has 21 heavy (non-hydrogen) atoms. The Morgan fingerprint density at radius 1 is 0.905 bits per heavy atom. The molecule has 0 spiro atoms. The van der Waals surface area contributed by atoms with E-state index in [2.05, 4.69) is 66.0 Å². The summed E-state index contributed by atoms with van der Waals surface area (Å²) in [5.74, 6) is 0. The minimum Gasteiger partial charge on any atom is -0.384 e. The van der Waals surface area contributed by atoms with E-state index in [4.69, 9.17) is 4.74 Å². The summed E-state index contributed by atoms with van der Waals surface area (Å²) in [5.41, 5.74) is 5.19. The molecule has 106 valence electrons. The molecule has 1 nitrogen and oxygen atoms in total. The standard InChI is InChI=1S/C19H18OS/c1-20-12-11-16-9-10-17(19-8-5-13-21-19)14-18(16)15-6-3-2-4-7-15/h2-10,13-14H,11-12H2,1H3. The second-order valence-electron chi connectivity index (χ2n) is 4.96. The summed E-state index contributed by atoms with van der Waals surface area (Å²) in [7, 11) is 1.75. The van der Waals surface area contributed by atoms with Crippen molar-refractivity contribution in [3.8, 4) is 21.6 Å². The van der Waals surface area contributed by atoms with E-state index in [1.807, 2.05) is 0 Å². The second-order valence-corrected chi connectivity index (χ2v) is 5.91. The van der Waals surface area contributed by atoms with Crippen molar-refractivity contribution in [2.24, 2.45) is 0 Å². The second kappa shape index (κ2) is 6.70. The fraction of sp³-hybridized carbons (Fsp3) is 0.158. The van der Waals surface area contributed by atoms with Crippen LogP contribution >= 0.6 is 11.3 Å². The van der Waals surface area contributed by atoms with Gasteiger partial charge in [-0.25, -0.2) is 0 Å². The average Bonchev–Trinajstić information content (AvgIpc) is 3.08. The van der Waals surface area contributed by atoms with Crippen LogP contribution in [0.25, 0.3) is 21.6 Å². The predicted molar refractivity (Wildman–Crippen MR) is 90.8 cm³/mol. The summed E-state index contributed by atoms with van der Waals surface area (Å²) in [4.78, 5) is 1.31. The topological polar surface area (TPSA) is 9.23 Å². The Hall–Kier alpha value is -1.90. The van der Waals surface area contributed by atoms with E-state index >= 15 is 0 Å². The number of ether oxygens (including phenoxy) is 1. The Labute approximate surface area is 129 Å². The van der Waals surface area contributed by atoms with Gasteiger partial charge in [-0.15, -0.1) is 11.3 Å². The molecule has 0 fully saturated rings. The number of hydrogen-bond acceptors (Lipinski definition) is 2. The van der Waals surface area contributed by atoms with Crippen molar-refractivity contribution in [3.05, 3.63) is 71.6 Å². The van der Waals surface area contributed by atoms with Gasteiger partial charge in [0, 0.05) is 12.0 Å². The molecule has 0 radical (unpaired) electrons. The van der Waals surface area contributed by atoms with Crippen LogP contribution in [0.15, 0.2) is 66.0 Å². The van der Waals surface area contributed by atoms with Gasteiger partial charge in [-0.3, -0.25) is 0 Å². The molecule has 2 aromatic carbocycles. The van der Waals surface area contributed by atoms with Gasteiger partial charge in [0.25, 0.3) is 0 Å². The van der Waals surface area contributed by atoms with Gasteiger partial charge in [0.1, 0.15) is 0 Å². The Morgan fingerprint density at radius 3 is 2.48 bits per heavy atom. The highest BCUT2D eigenvalue weighted by molar-refractivity contribution is 7.13. The van der Waals surface area contributed by atoms with E-state index in [0.29, 0.717) is 0 Å². The maximum absolute atomic E-state index is 5.24. The molecule has 1 heterocycles. The van der Waals surface area contributed by atoms with E-state index in [0.717, 1.165) is 13.0 Å². The monoisotopic (exact) mass is 294 g/mol. The maximum Gasteiger partial charge on any atom is 0.0502 e. The largest absolute Gasteiger partial charge is 0.384 e. The van der Waals surface area contributed by atoms with Crippen molar-refractivity contribution >= 4 is 11.3 Å². The molecule has 0 saturated carbocycles. The van der Waals surface area contributed by atoms with Gasteiger partial charge >= 0.3 is 0 Å². The van der Waals surface area contributed by atoms with Crippen molar-refractivity contribution in [1.82, 2.24) is 0 Å². The molecule has 0 N–H and O–H groups in total. The number of hydrogen-bond donors (Lipinski definition) is 0. The first-order valence-corrected chi connectivity index (χ1v) is 7.97. The first-order chi connectivity index (χ1) is 10.4. The Balaban J connectivity index is 2.06. The zero-order chi connectivity index (χ0) is 14.5. The molecule has 0 aliphatic rings. The van der Waals surface area contributed by atoms with Crippen LogP contribution in [0, 0.1) is 0 Å². The lowest BCUT2D eigenvalue weighted by Crippen LogP contribution is -1.97. The number of rotatable bonds is 5. The Kier molecular flexibility index (Phi) is 4.49. The first kappa shape index (κ1) is 14.1. The van der Waals surface area contributed by atoms with Crippen molar-refractivity contribution in [2.75, 3.05) is 13.7 Å². The lowest BCUT2D eigenvalue weighted by atomic mass is 9.95. The average molecular weight is 294 g/mol. The lowest BCUT2D eigenvalue weighted by molar-refractivity contribution is 0.202. The zero-order valence-electron chi connectivity index (χ0n) is 12.1. The molecule has 3 aromatic rings. The summed E-state index contributed by atoms with van der Waals surface area (Å²) < 4.78 is 5.24. The molecule has 0 bridgehead atoms. The highest BCUT2D eigenvalue weighted by Crippen LogP contribution is 2.32. The van der Waals surface area contributed by atoms with Crippen LogP contribution in [0.1, 0.15) is 5.56 Å². The predicted octanol–water partition coefficient (Wildman–Crippen LogP) is 5.27. The van der Waals surface area contributed by atoms with Crippen molar-refractivity contribution < 1.29 is 4.74 Å². The number of benzene rings is 2. The number of methoxy groups -OCH3 is 1.